The van der Waals surface area contributed by atoms with Gasteiger partial charge in [0.05, 0.1) is 6.42 Å². The van der Waals surface area contributed by atoms with Gasteiger partial charge >= 0.3 is 0 Å². The summed E-state index contributed by atoms with van der Waals surface area (Å²) in [6.07, 6.45) is 1.21. The Bertz CT molecular complexity index is 572. The molecule has 0 aliphatic rings. The lowest BCUT2D eigenvalue weighted by Gasteiger charge is -2.02. The van der Waals surface area contributed by atoms with E-state index in [1.807, 2.05) is 32.9 Å². The summed E-state index contributed by atoms with van der Waals surface area (Å²) < 4.78 is 5.26. The number of nitrogens with zero attached hydrogens (tertiary/aromatic N) is 1. The zero-order valence-corrected chi connectivity index (χ0v) is 11.0. The van der Waals surface area contributed by atoms with Crippen molar-refractivity contribution in [3.63, 3.8) is 0 Å². The fourth-order valence-electron chi connectivity index (χ4n) is 1.85. The normalized spacial score (nSPS) is 10.8. The number of aromatic nitrogens is 1. The lowest BCUT2D eigenvalue weighted by Crippen LogP contribution is -2.25. The number of carbonyl (C=O) groups excluding carboxylic acids is 1. The van der Waals surface area contributed by atoms with E-state index in [1.54, 1.807) is 0 Å². The van der Waals surface area contributed by atoms with Crippen LogP contribution in [0.4, 0.5) is 0 Å². The summed E-state index contributed by atoms with van der Waals surface area (Å²) in [7, 11) is 0. The summed E-state index contributed by atoms with van der Waals surface area (Å²) in [5.74, 6) is -0.00900. The van der Waals surface area contributed by atoms with Crippen LogP contribution in [-0.2, 0) is 11.2 Å². The van der Waals surface area contributed by atoms with Gasteiger partial charge in [0.1, 0.15) is 5.69 Å². The molecule has 1 aromatic heterocycles. The highest BCUT2D eigenvalue weighted by molar-refractivity contribution is 5.87. The van der Waals surface area contributed by atoms with Gasteiger partial charge in [-0.2, -0.15) is 0 Å². The van der Waals surface area contributed by atoms with Crippen molar-refractivity contribution in [1.82, 2.24) is 10.5 Å². The predicted molar refractivity (Wildman–Crippen MR) is 70.5 cm³/mol. The molecule has 0 aliphatic heterocycles. The van der Waals surface area contributed by atoms with E-state index in [-0.39, 0.29) is 12.3 Å². The quantitative estimate of drug-likeness (QED) is 0.901. The molecule has 2 aromatic rings. The lowest BCUT2D eigenvalue weighted by molar-refractivity contribution is -0.120. The van der Waals surface area contributed by atoms with Crippen LogP contribution in [0.2, 0.25) is 0 Å². The molecule has 4 nitrogen and oxygen atoms in total. The number of nitrogens with one attached hydrogen (secondary N) is 1. The number of amides is 1. The van der Waals surface area contributed by atoms with Crippen molar-refractivity contribution in [2.75, 3.05) is 6.54 Å². The van der Waals surface area contributed by atoms with E-state index in [1.165, 1.54) is 11.1 Å². The lowest BCUT2D eigenvalue weighted by atomic mass is 10.1. The SMILES string of the molecule is CCCNC(=O)Cc1noc2cc(C)c(C)cc12. The average molecular weight is 246 g/mol. The predicted octanol–water partition coefficient (Wildman–Crippen LogP) is 2.51. The maximum absolute atomic E-state index is 11.7. The summed E-state index contributed by atoms with van der Waals surface area (Å²) in [4.78, 5) is 11.7. The fourth-order valence-corrected chi connectivity index (χ4v) is 1.85. The first-order valence-corrected chi connectivity index (χ1v) is 6.24. The van der Waals surface area contributed by atoms with Crippen molar-refractivity contribution in [2.24, 2.45) is 0 Å². The molecular formula is C14H18N2O2. The second-order valence-electron chi connectivity index (χ2n) is 4.59. The van der Waals surface area contributed by atoms with Gasteiger partial charge in [-0.15, -0.1) is 0 Å². The maximum Gasteiger partial charge on any atom is 0.226 e. The molecule has 0 fully saturated rings. The maximum atomic E-state index is 11.7. The van der Waals surface area contributed by atoms with Crippen molar-refractivity contribution in [3.8, 4) is 0 Å². The van der Waals surface area contributed by atoms with Crippen molar-refractivity contribution in [3.05, 3.63) is 29.0 Å². The molecule has 1 amide bonds. The Kier molecular flexibility index (Phi) is 3.65. The molecule has 0 spiro atoms. The molecule has 4 heteroatoms. The van der Waals surface area contributed by atoms with Crippen LogP contribution in [0.3, 0.4) is 0 Å². The highest BCUT2D eigenvalue weighted by Crippen LogP contribution is 2.22. The van der Waals surface area contributed by atoms with E-state index in [0.717, 1.165) is 17.4 Å². The first-order valence-electron chi connectivity index (χ1n) is 6.24. The van der Waals surface area contributed by atoms with Gasteiger partial charge in [0.2, 0.25) is 5.91 Å². The van der Waals surface area contributed by atoms with E-state index in [9.17, 15) is 4.79 Å². The second kappa shape index (κ2) is 5.21. The van der Waals surface area contributed by atoms with Crippen LogP contribution in [0, 0.1) is 13.8 Å². The molecule has 0 bridgehead atoms. The van der Waals surface area contributed by atoms with Gasteiger partial charge in [-0.25, -0.2) is 0 Å². The van der Waals surface area contributed by atoms with E-state index >= 15 is 0 Å². The number of hydrogen-bond donors (Lipinski definition) is 1. The number of aryl methyl sites for hydroxylation is 2. The van der Waals surface area contributed by atoms with Crippen LogP contribution in [-0.4, -0.2) is 17.6 Å². The third-order valence-electron chi connectivity index (χ3n) is 3.06. The monoisotopic (exact) mass is 246 g/mol. The van der Waals surface area contributed by atoms with Crippen LogP contribution in [0.25, 0.3) is 11.0 Å². The standard InChI is InChI=1S/C14H18N2O2/c1-4-5-15-14(17)8-12-11-6-9(2)10(3)7-13(11)18-16-12/h6-7H,4-5,8H2,1-3H3,(H,15,17). The Morgan fingerprint density at radius 3 is 2.78 bits per heavy atom. The molecule has 0 unspecified atom stereocenters. The van der Waals surface area contributed by atoms with Gasteiger partial charge in [-0.3, -0.25) is 4.79 Å². The second-order valence-corrected chi connectivity index (χ2v) is 4.59. The summed E-state index contributed by atoms with van der Waals surface area (Å²) in [6, 6.07) is 3.99. The molecule has 0 saturated heterocycles. The smallest absolute Gasteiger partial charge is 0.226 e. The van der Waals surface area contributed by atoms with E-state index in [0.29, 0.717) is 12.2 Å². The van der Waals surface area contributed by atoms with Crippen LogP contribution in [0.15, 0.2) is 16.7 Å². The highest BCUT2D eigenvalue weighted by atomic mass is 16.5. The number of fused-ring (bicyclic) bond motifs is 1. The van der Waals surface area contributed by atoms with Gasteiger partial charge in [0, 0.05) is 11.9 Å². The van der Waals surface area contributed by atoms with Crippen LogP contribution in [0.5, 0.6) is 0 Å². The average Bonchev–Trinajstić information content (AvgIpc) is 2.70. The fraction of sp³-hybridized carbons (Fsp3) is 0.429. The van der Waals surface area contributed by atoms with Gasteiger partial charge in [-0.05, 0) is 43.5 Å². The van der Waals surface area contributed by atoms with Crippen LogP contribution in [0.1, 0.15) is 30.2 Å². The van der Waals surface area contributed by atoms with Gasteiger partial charge < -0.3 is 9.84 Å². The molecule has 0 radical (unpaired) electrons. The minimum Gasteiger partial charge on any atom is -0.356 e. The van der Waals surface area contributed by atoms with Crippen molar-refractivity contribution >= 4 is 16.9 Å². The number of hydrogen-bond acceptors (Lipinski definition) is 3. The van der Waals surface area contributed by atoms with Gasteiger partial charge in [0.25, 0.3) is 0 Å². The van der Waals surface area contributed by atoms with Crippen LogP contribution >= 0.6 is 0 Å². The molecule has 1 N–H and O–H groups in total. The molecule has 2 rings (SSSR count). The molecule has 0 atom stereocenters. The molecule has 1 aromatic carbocycles. The Labute approximate surface area is 106 Å². The van der Waals surface area contributed by atoms with E-state index in [4.69, 9.17) is 4.52 Å². The number of carbonyl (C=O) groups is 1. The molecule has 0 saturated carbocycles. The van der Waals surface area contributed by atoms with E-state index in [2.05, 4.69) is 10.5 Å². The first-order chi connectivity index (χ1) is 8.61. The summed E-state index contributed by atoms with van der Waals surface area (Å²) in [6.45, 7) is 6.80. The Morgan fingerprint density at radius 1 is 1.33 bits per heavy atom. The Hall–Kier alpha value is -1.84. The third-order valence-corrected chi connectivity index (χ3v) is 3.06. The summed E-state index contributed by atoms with van der Waals surface area (Å²) in [5, 5.41) is 7.77. The molecule has 96 valence electrons. The largest absolute Gasteiger partial charge is 0.356 e. The van der Waals surface area contributed by atoms with Crippen molar-refractivity contribution < 1.29 is 9.32 Å². The molecule has 0 aliphatic carbocycles. The minimum absolute atomic E-state index is 0.00900. The number of benzene rings is 1. The molecule has 18 heavy (non-hydrogen) atoms. The minimum atomic E-state index is -0.00900. The summed E-state index contributed by atoms with van der Waals surface area (Å²) >= 11 is 0. The Morgan fingerprint density at radius 2 is 2.06 bits per heavy atom. The number of rotatable bonds is 4. The molecule has 1 heterocycles. The van der Waals surface area contributed by atoms with Gasteiger partial charge in [-0.1, -0.05) is 12.1 Å². The van der Waals surface area contributed by atoms with Gasteiger partial charge in [0.15, 0.2) is 5.58 Å². The van der Waals surface area contributed by atoms with Crippen molar-refractivity contribution in [2.45, 2.75) is 33.6 Å². The first kappa shape index (κ1) is 12.6. The topological polar surface area (TPSA) is 55.1 Å². The zero-order valence-electron chi connectivity index (χ0n) is 11.0. The van der Waals surface area contributed by atoms with Crippen molar-refractivity contribution in [1.29, 1.82) is 0 Å². The van der Waals surface area contributed by atoms with E-state index < -0.39 is 0 Å². The Balaban J connectivity index is 2.24. The highest BCUT2D eigenvalue weighted by Gasteiger charge is 2.13. The summed E-state index contributed by atoms with van der Waals surface area (Å²) in [5.41, 5.74) is 3.81. The molecular weight excluding hydrogens is 228 g/mol. The zero-order chi connectivity index (χ0) is 13.1. The third kappa shape index (κ3) is 2.53. The van der Waals surface area contributed by atoms with Crippen LogP contribution < -0.4 is 5.32 Å².